The molecule has 0 aliphatic heterocycles. The third-order valence-electron chi connectivity index (χ3n) is 1.22. The fraction of sp³-hybridized carbons (Fsp3) is 0.200. The zero-order chi connectivity index (χ0) is 9.30. The molecule has 12 heavy (non-hydrogen) atoms. The maximum absolute atomic E-state index is 10.4. The zero-order valence-corrected chi connectivity index (χ0v) is 7.47. The van der Waals surface area contributed by atoms with Gasteiger partial charge in [-0.25, -0.2) is 0 Å². The lowest BCUT2D eigenvalue weighted by Gasteiger charge is -2.01. The molecule has 7 heteroatoms. The summed E-state index contributed by atoms with van der Waals surface area (Å²) in [4.78, 5) is 10.7. The summed E-state index contributed by atoms with van der Waals surface area (Å²) in [6, 6.07) is 0. The first-order chi connectivity index (χ1) is 5.54. The second kappa shape index (κ2) is 3.20. The van der Waals surface area contributed by atoms with Gasteiger partial charge in [-0.15, -0.1) is 0 Å². The predicted octanol–water partition coefficient (Wildman–Crippen LogP) is 0.486. The van der Waals surface area contributed by atoms with Crippen LogP contribution in [0, 0.1) is 0 Å². The van der Waals surface area contributed by atoms with Gasteiger partial charge in [0.1, 0.15) is 10.9 Å². The molecule has 1 heterocycles. The molecule has 66 valence electrons. The first-order valence-electron chi connectivity index (χ1n) is 2.89. The number of carboxylic acid groups (broad SMARTS) is 1. The summed E-state index contributed by atoms with van der Waals surface area (Å²) in [7, 11) is 0. The molecule has 0 radical (unpaired) electrons. The number of aromatic hydroxyl groups is 1. The van der Waals surface area contributed by atoms with E-state index in [-0.39, 0.29) is 16.4 Å². The van der Waals surface area contributed by atoms with Gasteiger partial charge in [0.15, 0.2) is 0 Å². The number of nitrogens with zero attached hydrogens (tertiary/aromatic N) is 1. The highest BCUT2D eigenvalue weighted by Gasteiger charge is 2.22. The Morgan fingerprint density at radius 1 is 1.75 bits per heavy atom. The van der Waals surface area contributed by atoms with Crippen LogP contribution in [0.15, 0.2) is 0 Å². The van der Waals surface area contributed by atoms with Crippen LogP contribution in [0.2, 0.25) is 0 Å². The molecule has 1 atom stereocenters. The number of nitrogen functional groups attached to an aromatic ring is 1. The van der Waals surface area contributed by atoms with Crippen LogP contribution in [-0.2, 0) is 4.79 Å². The number of anilines is 1. The summed E-state index contributed by atoms with van der Waals surface area (Å²) in [6.07, 6.45) is 0. The molecular formula is C5H6N2O3S2. The van der Waals surface area contributed by atoms with Crippen molar-refractivity contribution in [1.29, 1.82) is 0 Å². The molecule has 1 rings (SSSR count). The van der Waals surface area contributed by atoms with Gasteiger partial charge in [0.25, 0.3) is 0 Å². The van der Waals surface area contributed by atoms with Crippen molar-refractivity contribution in [3.05, 3.63) is 4.88 Å². The lowest BCUT2D eigenvalue weighted by molar-refractivity contribution is -0.136. The Hall–Kier alpha value is -0.950. The molecule has 0 bridgehead atoms. The fourth-order valence-corrected chi connectivity index (χ4v) is 1.56. The smallest absolute Gasteiger partial charge is 0.321 e. The van der Waals surface area contributed by atoms with Crippen molar-refractivity contribution in [2.24, 2.45) is 0 Å². The summed E-state index contributed by atoms with van der Waals surface area (Å²) in [5.41, 5.74) is 5.32. The maximum Gasteiger partial charge on any atom is 0.321 e. The van der Waals surface area contributed by atoms with E-state index in [2.05, 4.69) is 17.0 Å². The average Bonchev–Trinajstić information content (AvgIpc) is 2.32. The van der Waals surface area contributed by atoms with Gasteiger partial charge < -0.3 is 15.9 Å². The van der Waals surface area contributed by atoms with E-state index < -0.39 is 11.2 Å². The predicted molar refractivity (Wildman–Crippen MR) is 47.6 cm³/mol. The number of hydrogen-bond acceptors (Lipinski definition) is 6. The highest BCUT2D eigenvalue weighted by molar-refractivity contribution is 7.81. The van der Waals surface area contributed by atoms with Gasteiger partial charge in [-0.1, -0.05) is 0 Å². The summed E-state index contributed by atoms with van der Waals surface area (Å²) in [6.45, 7) is 0. The third kappa shape index (κ3) is 1.46. The minimum Gasteiger partial charge on any atom is -0.491 e. The second-order valence-electron chi connectivity index (χ2n) is 2.02. The lowest BCUT2D eigenvalue weighted by atomic mass is 10.3. The Morgan fingerprint density at radius 2 is 2.33 bits per heavy atom. The molecule has 0 spiro atoms. The summed E-state index contributed by atoms with van der Waals surface area (Å²) in [5.74, 6) is -1.45. The fourth-order valence-electron chi connectivity index (χ4n) is 0.610. The minimum atomic E-state index is -1.12. The van der Waals surface area contributed by atoms with Crippen molar-refractivity contribution in [3.8, 4) is 5.88 Å². The van der Waals surface area contributed by atoms with Crippen LogP contribution in [0.3, 0.4) is 0 Å². The van der Waals surface area contributed by atoms with Crippen molar-refractivity contribution in [1.82, 2.24) is 4.37 Å². The minimum absolute atomic E-state index is 0.0117. The van der Waals surface area contributed by atoms with Crippen molar-refractivity contribution < 1.29 is 15.0 Å². The molecule has 1 unspecified atom stereocenters. The molecule has 5 nitrogen and oxygen atoms in total. The number of aliphatic carboxylic acids is 1. The summed E-state index contributed by atoms with van der Waals surface area (Å²) in [5, 5.41) is 16.4. The molecule has 0 aliphatic carbocycles. The van der Waals surface area contributed by atoms with Gasteiger partial charge in [-0.2, -0.15) is 17.0 Å². The highest BCUT2D eigenvalue weighted by Crippen LogP contribution is 2.35. The van der Waals surface area contributed by atoms with E-state index in [1.165, 1.54) is 0 Å². The van der Waals surface area contributed by atoms with Gasteiger partial charge in [0.05, 0.1) is 4.88 Å². The van der Waals surface area contributed by atoms with E-state index in [4.69, 9.17) is 15.9 Å². The Balaban J connectivity index is 3.03. The molecule has 0 amide bonds. The molecule has 0 aliphatic rings. The number of rotatable bonds is 2. The van der Waals surface area contributed by atoms with Crippen molar-refractivity contribution in [2.75, 3.05) is 5.73 Å². The molecule has 0 aromatic carbocycles. The zero-order valence-electron chi connectivity index (χ0n) is 5.76. The summed E-state index contributed by atoms with van der Waals surface area (Å²) < 4.78 is 3.48. The van der Waals surface area contributed by atoms with Crippen molar-refractivity contribution in [2.45, 2.75) is 5.25 Å². The molecule has 1 aromatic heterocycles. The molecular weight excluding hydrogens is 200 g/mol. The van der Waals surface area contributed by atoms with E-state index in [0.717, 1.165) is 11.5 Å². The van der Waals surface area contributed by atoms with Gasteiger partial charge >= 0.3 is 5.97 Å². The SMILES string of the molecule is Nc1c(O)nsc1C(S)C(=O)O. The van der Waals surface area contributed by atoms with Gasteiger partial charge in [0, 0.05) is 0 Å². The van der Waals surface area contributed by atoms with Gasteiger partial charge in [-0.3, -0.25) is 4.79 Å². The number of carbonyl (C=O) groups is 1. The number of hydrogen-bond donors (Lipinski definition) is 4. The molecule has 0 saturated carbocycles. The monoisotopic (exact) mass is 206 g/mol. The quantitative estimate of drug-likeness (QED) is 0.528. The van der Waals surface area contributed by atoms with Crippen LogP contribution in [0.1, 0.15) is 10.1 Å². The van der Waals surface area contributed by atoms with Crippen LogP contribution in [0.25, 0.3) is 0 Å². The Kier molecular flexibility index (Phi) is 2.43. The van der Waals surface area contributed by atoms with Crippen LogP contribution in [-0.4, -0.2) is 20.6 Å². The normalized spacial score (nSPS) is 12.8. The van der Waals surface area contributed by atoms with Gasteiger partial charge in [-0.05, 0) is 11.5 Å². The number of nitrogens with two attached hydrogens (primary N) is 1. The number of aromatic nitrogens is 1. The molecule has 1 aromatic rings. The van der Waals surface area contributed by atoms with Crippen LogP contribution < -0.4 is 5.73 Å². The van der Waals surface area contributed by atoms with E-state index in [1.807, 2.05) is 0 Å². The second-order valence-corrected chi connectivity index (χ2v) is 3.35. The standard InChI is InChI=1S/C5H6N2O3S2/c6-1-3(2(11)5(9)10)12-7-4(1)8/h2,11H,6H2,(H,7,8)(H,9,10). The summed E-state index contributed by atoms with van der Waals surface area (Å²) >= 11 is 4.61. The number of carboxylic acids is 1. The Morgan fingerprint density at radius 3 is 2.67 bits per heavy atom. The van der Waals surface area contributed by atoms with E-state index in [0.29, 0.717) is 0 Å². The van der Waals surface area contributed by atoms with Crippen LogP contribution >= 0.6 is 24.2 Å². The molecule has 0 saturated heterocycles. The van der Waals surface area contributed by atoms with E-state index >= 15 is 0 Å². The first-order valence-corrected chi connectivity index (χ1v) is 4.18. The average molecular weight is 206 g/mol. The maximum atomic E-state index is 10.4. The lowest BCUT2D eigenvalue weighted by Crippen LogP contribution is -2.05. The largest absolute Gasteiger partial charge is 0.491 e. The Labute approximate surface area is 77.4 Å². The van der Waals surface area contributed by atoms with Crippen molar-refractivity contribution in [3.63, 3.8) is 0 Å². The topological polar surface area (TPSA) is 96.4 Å². The van der Waals surface area contributed by atoms with E-state index in [1.54, 1.807) is 0 Å². The highest BCUT2D eigenvalue weighted by atomic mass is 32.1. The van der Waals surface area contributed by atoms with E-state index in [9.17, 15) is 4.79 Å². The number of thiol groups is 1. The first kappa shape index (κ1) is 9.14. The van der Waals surface area contributed by atoms with Crippen LogP contribution in [0.4, 0.5) is 5.69 Å². The third-order valence-corrected chi connectivity index (χ3v) is 2.79. The van der Waals surface area contributed by atoms with Crippen molar-refractivity contribution >= 4 is 35.8 Å². The Bertz CT molecular complexity index is 312. The van der Waals surface area contributed by atoms with Crippen LogP contribution in [0.5, 0.6) is 5.88 Å². The van der Waals surface area contributed by atoms with Gasteiger partial charge in [0.2, 0.25) is 5.88 Å². The molecule has 0 fully saturated rings. The molecule has 4 N–H and O–H groups in total.